The van der Waals surface area contributed by atoms with Crippen molar-refractivity contribution in [2.75, 3.05) is 20.3 Å². The second kappa shape index (κ2) is 11.7. The number of methoxy groups -OCH3 is 1. The minimum Gasteiger partial charge on any atom is -0.447 e. The van der Waals surface area contributed by atoms with Crippen molar-refractivity contribution in [2.45, 2.75) is 25.8 Å². The number of ether oxygens (including phenoxy) is 1. The Hall–Kier alpha value is -2.59. The number of amides is 1. The van der Waals surface area contributed by atoms with E-state index in [1.54, 1.807) is 29.2 Å². The molecule has 6 nitrogen and oxygen atoms in total. The summed E-state index contributed by atoms with van der Waals surface area (Å²) in [6, 6.07) is 10.2. The molecule has 0 saturated heterocycles. The quantitative estimate of drug-likeness (QED) is 0.357. The molecule has 0 fully saturated rings. The number of carbonyl (C=O) groups is 1. The van der Waals surface area contributed by atoms with E-state index in [9.17, 15) is 18.0 Å². The first-order valence-electron chi connectivity index (χ1n) is 10.2. The van der Waals surface area contributed by atoms with Crippen LogP contribution in [0.4, 0.5) is 13.2 Å². The summed E-state index contributed by atoms with van der Waals surface area (Å²) in [4.78, 5) is 18.2. The third kappa shape index (κ3) is 7.20. The number of hydrogen-bond donors (Lipinski definition) is 1. The van der Waals surface area contributed by atoms with Gasteiger partial charge in [-0.3, -0.25) is 9.69 Å². The fourth-order valence-electron chi connectivity index (χ4n) is 3.22. The van der Waals surface area contributed by atoms with Gasteiger partial charge in [-0.15, -0.1) is 0 Å². The molecule has 0 aliphatic carbocycles. The number of hydrogen-bond acceptors (Lipinski definition) is 5. The van der Waals surface area contributed by atoms with E-state index in [0.717, 1.165) is 12.1 Å². The van der Waals surface area contributed by atoms with E-state index in [1.165, 1.54) is 19.4 Å². The van der Waals surface area contributed by atoms with Crippen LogP contribution in [0.25, 0.3) is 0 Å². The zero-order valence-corrected chi connectivity index (χ0v) is 19.7. The number of carbonyl (C=O) groups excluding carboxylic acids is 1. The highest BCUT2D eigenvalue weighted by molar-refractivity contribution is 6.42. The van der Waals surface area contributed by atoms with Crippen molar-refractivity contribution < 1.29 is 27.1 Å². The van der Waals surface area contributed by atoms with Crippen molar-refractivity contribution in [3.8, 4) is 0 Å². The van der Waals surface area contributed by atoms with Crippen LogP contribution >= 0.6 is 23.2 Å². The number of halogens is 5. The predicted molar refractivity (Wildman–Crippen MR) is 122 cm³/mol. The standard InChI is InChI=1S/C23H22Cl2F3N3O3/c1-33-9-8-29-22(32)19-14-34-20(30-19)13-31(12-16-5-3-7-18(24)21(16)25)11-15-4-2-6-17(10-15)23(26,27)28/h2-7,10,14H,8-9,11-13H2,1H3,(H,29,32). The topological polar surface area (TPSA) is 67.6 Å². The lowest BCUT2D eigenvalue weighted by molar-refractivity contribution is -0.137. The lowest BCUT2D eigenvalue weighted by atomic mass is 10.1. The van der Waals surface area contributed by atoms with Gasteiger partial charge in [-0.05, 0) is 23.3 Å². The zero-order chi connectivity index (χ0) is 24.7. The second-order valence-corrected chi connectivity index (χ2v) is 8.22. The van der Waals surface area contributed by atoms with E-state index in [4.69, 9.17) is 32.4 Å². The minimum atomic E-state index is -4.45. The largest absolute Gasteiger partial charge is 0.447 e. The summed E-state index contributed by atoms with van der Waals surface area (Å²) in [6.45, 7) is 1.18. The summed E-state index contributed by atoms with van der Waals surface area (Å²) in [5, 5.41) is 3.36. The van der Waals surface area contributed by atoms with E-state index < -0.39 is 17.6 Å². The molecule has 1 heterocycles. The van der Waals surface area contributed by atoms with Crippen LogP contribution in [0.1, 0.15) is 33.1 Å². The Kier molecular flexibility index (Phi) is 8.96. The monoisotopic (exact) mass is 515 g/mol. The van der Waals surface area contributed by atoms with E-state index >= 15 is 0 Å². The van der Waals surface area contributed by atoms with Gasteiger partial charge in [-0.1, -0.05) is 53.5 Å². The molecule has 11 heteroatoms. The van der Waals surface area contributed by atoms with Gasteiger partial charge < -0.3 is 14.5 Å². The van der Waals surface area contributed by atoms with Gasteiger partial charge in [0.05, 0.1) is 28.8 Å². The molecule has 0 atom stereocenters. The van der Waals surface area contributed by atoms with Crippen molar-refractivity contribution in [3.63, 3.8) is 0 Å². The highest BCUT2D eigenvalue weighted by atomic mass is 35.5. The maximum Gasteiger partial charge on any atom is 0.416 e. The van der Waals surface area contributed by atoms with E-state index in [-0.39, 0.29) is 31.2 Å². The Balaban J connectivity index is 1.81. The molecule has 1 N–H and O–H groups in total. The Morgan fingerprint density at radius 3 is 2.65 bits per heavy atom. The van der Waals surface area contributed by atoms with Gasteiger partial charge in [0.1, 0.15) is 6.26 Å². The normalized spacial score (nSPS) is 11.7. The Morgan fingerprint density at radius 1 is 1.15 bits per heavy atom. The number of oxazole rings is 1. The lowest BCUT2D eigenvalue weighted by Crippen LogP contribution is -2.27. The van der Waals surface area contributed by atoms with Crippen molar-refractivity contribution in [1.29, 1.82) is 0 Å². The first-order chi connectivity index (χ1) is 16.2. The van der Waals surface area contributed by atoms with Gasteiger partial charge >= 0.3 is 6.18 Å². The molecule has 0 aliphatic heterocycles. The Bertz CT molecular complexity index is 1120. The third-order valence-corrected chi connectivity index (χ3v) is 5.68. The second-order valence-electron chi connectivity index (χ2n) is 7.43. The molecule has 34 heavy (non-hydrogen) atoms. The fourth-order valence-corrected chi connectivity index (χ4v) is 3.60. The van der Waals surface area contributed by atoms with E-state index in [2.05, 4.69) is 10.3 Å². The van der Waals surface area contributed by atoms with E-state index in [1.807, 2.05) is 0 Å². The number of benzene rings is 2. The molecule has 0 spiro atoms. The number of nitrogens with zero attached hydrogens (tertiary/aromatic N) is 2. The maximum atomic E-state index is 13.2. The molecule has 0 bridgehead atoms. The molecule has 182 valence electrons. The smallest absolute Gasteiger partial charge is 0.416 e. The summed E-state index contributed by atoms with van der Waals surface area (Å²) < 4.78 is 49.8. The fraction of sp³-hybridized carbons (Fsp3) is 0.304. The lowest BCUT2D eigenvalue weighted by Gasteiger charge is -2.22. The number of rotatable bonds is 10. The first kappa shape index (κ1) is 26.0. The molecule has 2 aromatic carbocycles. The van der Waals surface area contributed by atoms with Crippen LogP contribution in [0, 0.1) is 0 Å². The molecule has 1 amide bonds. The summed E-state index contributed by atoms with van der Waals surface area (Å²) in [5.74, 6) is -0.198. The van der Waals surface area contributed by atoms with Crippen LogP contribution < -0.4 is 5.32 Å². The number of aromatic nitrogens is 1. The van der Waals surface area contributed by atoms with Crippen LogP contribution in [-0.4, -0.2) is 36.1 Å². The third-order valence-electron chi connectivity index (χ3n) is 4.82. The number of alkyl halides is 3. The van der Waals surface area contributed by atoms with Gasteiger partial charge in [-0.25, -0.2) is 4.98 Å². The summed E-state index contributed by atoms with van der Waals surface area (Å²) in [6.07, 6.45) is -3.23. The molecule has 3 rings (SSSR count). The van der Waals surface area contributed by atoms with Crippen LogP contribution in [0.2, 0.25) is 10.0 Å². The first-order valence-corrected chi connectivity index (χ1v) is 11.0. The van der Waals surface area contributed by atoms with Gasteiger partial charge in [0.2, 0.25) is 5.89 Å². The number of nitrogens with one attached hydrogen (secondary N) is 1. The molecule has 0 aliphatic rings. The summed E-state index contributed by atoms with van der Waals surface area (Å²) in [5.41, 5.74) is 0.477. The Labute approximate surface area is 204 Å². The molecule has 0 radical (unpaired) electrons. The van der Waals surface area contributed by atoms with Crippen LogP contribution in [0.15, 0.2) is 53.1 Å². The van der Waals surface area contributed by atoms with Crippen LogP contribution in [0.3, 0.4) is 0 Å². The molecule has 0 saturated carbocycles. The van der Waals surface area contributed by atoms with Crippen molar-refractivity contribution in [2.24, 2.45) is 0 Å². The molecule has 0 unspecified atom stereocenters. The summed E-state index contributed by atoms with van der Waals surface area (Å²) >= 11 is 12.4. The maximum absolute atomic E-state index is 13.2. The van der Waals surface area contributed by atoms with Gasteiger partial charge in [0.25, 0.3) is 5.91 Å². The molecular formula is C23H22Cl2F3N3O3. The van der Waals surface area contributed by atoms with Gasteiger partial charge in [0, 0.05) is 26.7 Å². The Morgan fingerprint density at radius 2 is 1.91 bits per heavy atom. The minimum absolute atomic E-state index is 0.0888. The van der Waals surface area contributed by atoms with Gasteiger partial charge in [0.15, 0.2) is 5.69 Å². The SMILES string of the molecule is COCCNC(=O)c1coc(CN(Cc2cccc(C(F)(F)F)c2)Cc2cccc(Cl)c2Cl)n1. The van der Waals surface area contributed by atoms with E-state index in [0.29, 0.717) is 34.3 Å². The van der Waals surface area contributed by atoms with Crippen molar-refractivity contribution >= 4 is 29.1 Å². The summed E-state index contributed by atoms with van der Waals surface area (Å²) in [7, 11) is 1.52. The highest BCUT2D eigenvalue weighted by Crippen LogP contribution is 2.31. The average molecular weight is 516 g/mol. The van der Waals surface area contributed by atoms with Gasteiger partial charge in [-0.2, -0.15) is 13.2 Å². The molecular weight excluding hydrogens is 494 g/mol. The van der Waals surface area contributed by atoms with Crippen molar-refractivity contribution in [3.05, 3.63) is 87.0 Å². The predicted octanol–water partition coefficient (Wildman–Crippen LogP) is 5.58. The zero-order valence-electron chi connectivity index (χ0n) is 18.2. The molecule has 3 aromatic rings. The van der Waals surface area contributed by atoms with Crippen molar-refractivity contribution in [1.82, 2.24) is 15.2 Å². The van der Waals surface area contributed by atoms with Crippen LogP contribution in [-0.2, 0) is 30.5 Å². The average Bonchev–Trinajstić information content (AvgIpc) is 3.25. The molecule has 1 aromatic heterocycles. The van der Waals surface area contributed by atoms with Crippen LogP contribution in [0.5, 0.6) is 0 Å². The highest BCUT2D eigenvalue weighted by Gasteiger charge is 2.30.